The molecular formula is C11H14N4O3S. The van der Waals surface area contributed by atoms with Gasteiger partial charge in [-0.05, 0) is 30.6 Å². The number of hydrogen-bond donors (Lipinski definition) is 1. The van der Waals surface area contributed by atoms with Gasteiger partial charge in [0.2, 0.25) is 0 Å². The molecule has 1 aliphatic rings. The van der Waals surface area contributed by atoms with Crippen LogP contribution in [0.2, 0.25) is 0 Å². The molecule has 1 fully saturated rings. The summed E-state index contributed by atoms with van der Waals surface area (Å²) in [6.45, 7) is 0. The maximum atomic E-state index is 11.1. The summed E-state index contributed by atoms with van der Waals surface area (Å²) in [6, 6.07) is 0.113. The number of imidazole rings is 1. The first-order valence-corrected chi connectivity index (χ1v) is 7.05. The van der Waals surface area contributed by atoms with Gasteiger partial charge in [0, 0.05) is 11.4 Å². The average Bonchev–Trinajstić information content (AvgIpc) is 2.88. The zero-order valence-electron chi connectivity index (χ0n) is 10.2. The molecule has 2 heterocycles. The van der Waals surface area contributed by atoms with Crippen molar-refractivity contribution in [1.82, 2.24) is 9.38 Å². The van der Waals surface area contributed by atoms with Crippen molar-refractivity contribution < 1.29 is 9.66 Å². The highest BCUT2D eigenvalue weighted by molar-refractivity contribution is 7.15. The number of rotatable bonds is 3. The number of nitrogens with two attached hydrogens (primary N) is 1. The summed E-state index contributed by atoms with van der Waals surface area (Å²) < 4.78 is 7.16. The van der Waals surface area contributed by atoms with Gasteiger partial charge in [-0.25, -0.2) is 0 Å². The second-order valence-corrected chi connectivity index (χ2v) is 5.59. The van der Waals surface area contributed by atoms with Gasteiger partial charge in [0.15, 0.2) is 0 Å². The minimum atomic E-state index is -0.454. The van der Waals surface area contributed by atoms with Gasteiger partial charge in [-0.2, -0.15) is 9.38 Å². The van der Waals surface area contributed by atoms with Crippen molar-refractivity contribution in [2.75, 3.05) is 0 Å². The van der Waals surface area contributed by atoms with Gasteiger partial charge in [-0.3, -0.25) is 0 Å². The van der Waals surface area contributed by atoms with Crippen LogP contribution in [0.25, 0.3) is 4.96 Å². The molecule has 1 saturated carbocycles. The van der Waals surface area contributed by atoms with Gasteiger partial charge in [0.25, 0.3) is 4.96 Å². The van der Waals surface area contributed by atoms with Crippen LogP contribution >= 0.6 is 11.3 Å². The normalized spacial score (nSPS) is 23.6. The van der Waals surface area contributed by atoms with Gasteiger partial charge in [-0.15, -0.1) is 0 Å². The number of nitrogens with zero attached hydrogens (tertiary/aromatic N) is 3. The first-order chi connectivity index (χ1) is 9.15. The molecule has 7 nitrogen and oxygen atoms in total. The van der Waals surface area contributed by atoms with Crippen molar-refractivity contribution in [3.63, 3.8) is 0 Å². The van der Waals surface area contributed by atoms with Crippen LogP contribution in [0.3, 0.4) is 0 Å². The summed E-state index contributed by atoms with van der Waals surface area (Å²) in [4.78, 5) is 15.5. The topological polar surface area (TPSA) is 95.7 Å². The van der Waals surface area contributed by atoms with E-state index >= 15 is 0 Å². The van der Waals surface area contributed by atoms with E-state index in [1.165, 1.54) is 15.7 Å². The maximum Gasteiger partial charge on any atom is 0.393 e. The minimum absolute atomic E-state index is 0.0768. The lowest BCUT2D eigenvalue weighted by atomic mass is 9.94. The molecule has 0 bridgehead atoms. The van der Waals surface area contributed by atoms with Crippen molar-refractivity contribution in [3.05, 3.63) is 21.7 Å². The molecule has 102 valence electrons. The Morgan fingerprint density at radius 1 is 1.58 bits per heavy atom. The molecule has 0 amide bonds. The zero-order chi connectivity index (χ0) is 13.4. The Labute approximate surface area is 113 Å². The first kappa shape index (κ1) is 12.4. The van der Waals surface area contributed by atoms with E-state index in [-0.39, 0.29) is 23.8 Å². The second kappa shape index (κ2) is 4.78. The molecule has 2 unspecified atom stereocenters. The Bertz CT molecular complexity index is 608. The van der Waals surface area contributed by atoms with Crippen LogP contribution in [0.1, 0.15) is 25.7 Å². The SMILES string of the molecule is NC1CCCC(Oc2nc3sccn3c2[N+](=O)[O-])C1. The molecule has 2 aromatic heterocycles. The Balaban J connectivity index is 1.89. The largest absolute Gasteiger partial charge is 0.468 e. The molecule has 0 radical (unpaired) electrons. The van der Waals surface area contributed by atoms with Crippen LogP contribution < -0.4 is 10.5 Å². The average molecular weight is 282 g/mol. The Morgan fingerprint density at radius 2 is 2.42 bits per heavy atom. The highest BCUT2D eigenvalue weighted by atomic mass is 32.1. The van der Waals surface area contributed by atoms with Crippen molar-refractivity contribution >= 4 is 22.1 Å². The molecule has 3 rings (SSSR count). The highest BCUT2D eigenvalue weighted by Crippen LogP contribution is 2.32. The molecule has 19 heavy (non-hydrogen) atoms. The van der Waals surface area contributed by atoms with E-state index in [0.29, 0.717) is 4.96 Å². The third kappa shape index (κ3) is 2.28. The summed E-state index contributed by atoms with van der Waals surface area (Å²) in [5.41, 5.74) is 5.89. The molecule has 0 aliphatic heterocycles. The predicted molar refractivity (Wildman–Crippen MR) is 70.6 cm³/mol. The lowest BCUT2D eigenvalue weighted by Gasteiger charge is -2.26. The van der Waals surface area contributed by atoms with Crippen molar-refractivity contribution in [2.45, 2.75) is 37.8 Å². The molecule has 0 aromatic carbocycles. The van der Waals surface area contributed by atoms with E-state index in [0.717, 1.165) is 25.7 Å². The zero-order valence-corrected chi connectivity index (χ0v) is 11.0. The molecule has 2 atom stereocenters. The molecule has 0 spiro atoms. The summed E-state index contributed by atoms with van der Waals surface area (Å²) >= 11 is 1.35. The predicted octanol–water partition coefficient (Wildman–Crippen LogP) is 1.95. The molecule has 2 aromatic rings. The maximum absolute atomic E-state index is 11.1. The Hall–Kier alpha value is -1.67. The van der Waals surface area contributed by atoms with E-state index in [1.54, 1.807) is 11.6 Å². The highest BCUT2D eigenvalue weighted by Gasteiger charge is 2.29. The van der Waals surface area contributed by atoms with Gasteiger partial charge >= 0.3 is 11.7 Å². The number of ether oxygens (including phenoxy) is 1. The van der Waals surface area contributed by atoms with Gasteiger partial charge < -0.3 is 20.6 Å². The van der Waals surface area contributed by atoms with Gasteiger partial charge in [0.05, 0.1) is 0 Å². The number of fused-ring (bicyclic) bond motifs is 1. The number of aromatic nitrogens is 2. The number of thiazole rings is 1. The lowest BCUT2D eigenvalue weighted by molar-refractivity contribution is -0.391. The smallest absolute Gasteiger partial charge is 0.393 e. The molecule has 1 aliphatic carbocycles. The quantitative estimate of drug-likeness (QED) is 0.685. The second-order valence-electron chi connectivity index (χ2n) is 4.72. The summed E-state index contributed by atoms with van der Waals surface area (Å²) in [5, 5.41) is 12.9. The fourth-order valence-corrected chi connectivity index (χ4v) is 3.15. The van der Waals surface area contributed by atoms with Gasteiger partial charge in [0.1, 0.15) is 12.3 Å². The summed E-state index contributed by atoms with van der Waals surface area (Å²) in [5.74, 6) is 0.00587. The third-order valence-corrected chi connectivity index (χ3v) is 4.08. The van der Waals surface area contributed by atoms with Crippen LogP contribution in [-0.2, 0) is 0 Å². The molecule has 2 N–H and O–H groups in total. The fraction of sp³-hybridized carbons (Fsp3) is 0.545. The van der Waals surface area contributed by atoms with E-state index in [9.17, 15) is 10.1 Å². The summed E-state index contributed by atoms with van der Waals surface area (Å²) in [6.07, 6.45) is 5.12. The monoisotopic (exact) mass is 282 g/mol. The van der Waals surface area contributed by atoms with E-state index in [1.807, 2.05) is 0 Å². The van der Waals surface area contributed by atoms with Crippen LogP contribution in [0.15, 0.2) is 11.6 Å². The van der Waals surface area contributed by atoms with Crippen LogP contribution in [0.5, 0.6) is 5.88 Å². The molecular weight excluding hydrogens is 268 g/mol. The minimum Gasteiger partial charge on any atom is -0.468 e. The van der Waals surface area contributed by atoms with Crippen LogP contribution in [0, 0.1) is 10.1 Å². The number of nitro groups is 1. The van der Waals surface area contributed by atoms with Crippen LogP contribution in [-0.4, -0.2) is 26.5 Å². The van der Waals surface area contributed by atoms with Crippen molar-refractivity contribution in [2.24, 2.45) is 5.73 Å². The van der Waals surface area contributed by atoms with Gasteiger partial charge in [-0.1, -0.05) is 11.3 Å². The van der Waals surface area contributed by atoms with E-state index in [4.69, 9.17) is 10.5 Å². The molecule has 8 heteroatoms. The number of hydrogen-bond acceptors (Lipinski definition) is 6. The van der Waals surface area contributed by atoms with E-state index in [2.05, 4.69) is 4.98 Å². The third-order valence-electron chi connectivity index (χ3n) is 3.32. The van der Waals surface area contributed by atoms with Crippen LogP contribution in [0.4, 0.5) is 5.82 Å². The lowest BCUT2D eigenvalue weighted by Crippen LogP contribution is -2.33. The first-order valence-electron chi connectivity index (χ1n) is 6.17. The van der Waals surface area contributed by atoms with Crippen molar-refractivity contribution in [1.29, 1.82) is 0 Å². The Kier molecular flexibility index (Phi) is 3.11. The van der Waals surface area contributed by atoms with E-state index < -0.39 is 4.92 Å². The van der Waals surface area contributed by atoms with Crippen molar-refractivity contribution in [3.8, 4) is 5.88 Å². The Morgan fingerprint density at radius 3 is 3.16 bits per heavy atom. The standard InChI is InChI=1S/C11H14N4O3S/c12-7-2-1-3-8(6-7)18-9-10(15(16)17)14-4-5-19-11(14)13-9/h4-5,7-8H,1-3,6,12H2. The summed E-state index contributed by atoms with van der Waals surface area (Å²) in [7, 11) is 0. The molecule has 0 saturated heterocycles. The fourth-order valence-electron chi connectivity index (χ4n) is 2.45.